The van der Waals surface area contributed by atoms with Crippen molar-refractivity contribution in [3.05, 3.63) is 53.6 Å². The Morgan fingerprint density at radius 3 is 2.64 bits per heavy atom. The number of carbonyl (C=O) groups excluding carboxylic acids is 2. The molecule has 6 heteroatoms. The van der Waals surface area contributed by atoms with Crippen molar-refractivity contribution in [3.8, 4) is 11.5 Å². The first-order valence-corrected chi connectivity index (χ1v) is 7.91. The average molecular weight is 343 g/mol. The maximum atomic E-state index is 12.0. The topological polar surface area (TPSA) is 84.9 Å². The molecule has 0 aromatic heterocycles. The van der Waals surface area contributed by atoms with Gasteiger partial charge in [0, 0.05) is 6.42 Å². The molecule has 0 aliphatic carbocycles. The van der Waals surface area contributed by atoms with Gasteiger partial charge in [-0.3, -0.25) is 4.79 Å². The van der Waals surface area contributed by atoms with Crippen molar-refractivity contribution in [2.24, 2.45) is 0 Å². The second kappa shape index (κ2) is 8.73. The SMILES string of the molecule is COC(=O)c1cccc(NC(=O)CCCOc2cccc(C)c2)c1O. The molecule has 0 fully saturated rings. The second-order valence-corrected chi connectivity index (χ2v) is 5.51. The van der Waals surface area contributed by atoms with Crippen LogP contribution >= 0.6 is 0 Å². The number of para-hydroxylation sites is 1. The van der Waals surface area contributed by atoms with E-state index >= 15 is 0 Å². The largest absolute Gasteiger partial charge is 0.505 e. The van der Waals surface area contributed by atoms with Crippen molar-refractivity contribution >= 4 is 17.6 Å². The van der Waals surface area contributed by atoms with Gasteiger partial charge in [0.1, 0.15) is 11.3 Å². The quantitative estimate of drug-likeness (QED) is 0.458. The molecule has 0 spiro atoms. The zero-order valence-electron chi connectivity index (χ0n) is 14.2. The lowest BCUT2D eigenvalue weighted by molar-refractivity contribution is -0.116. The van der Waals surface area contributed by atoms with Gasteiger partial charge >= 0.3 is 5.97 Å². The Labute approximate surface area is 146 Å². The molecule has 0 aliphatic heterocycles. The molecule has 0 radical (unpaired) electrons. The molecule has 0 heterocycles. The van der Waals surface area contributed by atoms with Crippen LogP contribution in [0.15, 0.2) is 42.5 Å². The third-order valence-corrected chi connectivity index (χ3v) is 3.52. The summed E-state index contributed by atoms with van der Waals surface area (Å²) in [6.07, 6.45) is 0.755. The van der Waals surface area contributed by atoms with Crippen LogP contribution in [-0.4, -0.2) is 30.7 Å². The first-order valence-electron chi connectivity index (χ1n) is 7.91. The molecule has 1 amide bonds. The van der Waals surface area contributed by atoms with E-state index in [1.807, 2.05) is 31.2 Å². The molecule has 0 saturated heterocycles. The molecule has 2 rings (SSSR count). The number of phenols is 1. The minimum absolute atomic E-state index is 0.00285. The molecule has 0 atom stereocenters. The van der Waals surface area contributed by atoms with E-state index < -0.39 is 5.97 Å². The van der Waals surface area contributed by atoms with E-state index in [0.717, 1.165) is 11.3 Å². The number of ether oxygens (including phenoxy) is 2. The summed E-state index contributed by atoms with van der Waals surface area (Å²) in [5.74, 6) is -0.479. The number of benzene rings is 2. The predicted molar refractivity (Wildman–Crippen MR) is 94.0 cm³/mol. The number of aryl methyl sites for hydroxylation is 1. The van der Waals surface area contributed by atoms with E-state index in [1.165, 1.54) is 19.2 Å². The normalized spacial score (nSPS) is 10.2. The second-order valence-electron chi connectivity index (χ2n) is 5.51. The number of amides is 1. The molecule has 132 valence electrons. The number of aromatic hydroxyl groups is 1. The minimum Gasteiger partial charge on any atom is -0.505 e. The van der Waals surface area contributed by atoms with Gasteiger partial charge in [0.15, 0.2) is 5.75 Å². The average Bonchev–Trinajstić information content (AvgIpc) is 2.60. The number of phenolic OH excluding ortho intramolecular Hbond substituents is 1. The smallest absolute Gasteiger partial charge is 0.341 e. The molecule has 2 aromatic carbocycles. The zero-order valence-corrected chi connectivity index (χ0v) is 14.2. The fraction of sp³-hybridized carbons (Fsp3) is 0.263. The lowest BCUT2D eigenvalue weighted by atomic mass is 10.1. The Bertz CT molecular complexity index is 757. The van der Waals surface area contributed by atoms with E-state index in [2.05, 4.69) is 10.1 Å². The maximum Gasteiger partial charge on any atom is 0.341 e. The third-order valence-electron chi connectivity index (χ3n) is 3.52. The van der Waals surface area contributed by atoms with Gasteiger partial charge in [-0.05, 0) is 43.2 Å². The first-order chi connectivity index (χ1) is 12.0. The zero-order chi connectivity index (χ0) is 18.2. The van der Waals surface area contributed by atoms with Crippen LogP contribution in [0.25, 0.3) is 0 Å². The highest BCUT2D eigenvalue weighted by Gasteiger charge is 2.15. The Balaban J connectivity index is 1.83. The van der Waals surface area contributed by atoms with Crippen LogP contribution in [0.4, 0.5) is 5.69 Å². The van der Waals surface area contributed by atoms with Gasteiger partial charge in [-0.25, -0.2) is 4.79 Å². The van der Waals surface area contributed by atoms with Crippen molar-refractivity contribution in [1.29, 1.82) is 0 Å². The molecular weight excluding hydrogens is 322 g/mol. The number of hydrogen-bond acceptors (Lipinski definition) is 5. The molecule has 0 aliphatic rings. The Hall–Kier alpha value is -3.02. The highest BCUT2D eigenvalue weighted by atomic mass is 16.5. The van der Waals surface area contributed by atoms with Crippen LogP contribution in [0.2, 0.25) is 0 Å². The van der Waals surface area contributed by atoms with Crippen molar-refractivity contribution in [2.45, 2.75) is 19.8 Å². The summed E-state index contributed by atoms with van der Waals surface area (Å²) < 4.78 is 10.2. The number of anilines is 1. The molecule has 6 nitrogen and oxygen atoms in total. The summed E-state index contributed by atoms with van der Waals surface area (Å²) in [5, 5.41) is 12.6. The van der Waals surface area contributed by atoms with Crippen molar-refractivity contribution in [3.63, 3.8) is 0 Å². The fourth-order valence-electron chi connectivity index (χ4n) is 2.26. The summed E-state index contributed by atoms with van der Waals surface area (Å²) in [4.78, 5) is 23.5. The molecule has 0 bridgehead atoms. The van der Waals surface area contributed by atoms with Crippen LogP contribution in [0.5, 0.6) is 11.5 Å². The lowest BCUT2D eigenvalue weighted by Gasteiger charge is -2.10. The van der Waals surface area contributed by atoms with Gasteiger partial charge in [-0.2, -0.15) is 0 Å². The van der Waals surface area contributed by atoms with Gasteiger partial charge < -0.3 is 19.9 Å². The molecule has 25 heavy (non-hydrogen) atoms. The predicted octanol–water partition coefficient (Wildman–Crippen LogP) is 3.28. The van der Waals surface area contributed by atoms with Gasteiger partial charge in [0.2, 0.25) is 5.91 Å². The lowest BCUT2D eigenvalue weighted by Crippen LogP contribution is -2.13. The summed E-state index contributed by atoms with van der Waals surface area (Å²) in [5.41, 5.74) is 1.28. The standard InChI is InChI=1S/C19H21NO5/c1-13-6-3-7-14(12-13)25-11-5-10-17(21)20-16-9-4-8-15(18(16)22)19(23)24-2/h3-4,6-9,12,22H,5,10-11H2,1-2H3,(H,20,21). The summed E-state index contributed by atoms with van der Waals surface area (Å²) in [6.45, 7) is 2.39. The Kier molecular flexibility index (Phi) is 6.39. The molecule has 0 unspecified atom stereocenters. The van der Waals surface area contributed by atoms with Crippen LogP contribution in [0, 0.1) is 6.92 Å². The van der Waals surface area contributed by atoms with Crippen molar-refractivity contribution in [1.82, 2.24) is 0 Å². The van der Waals surface area contributed by atoms with Crippen molar-refractivity contribution < 1.29 is 24.2 Å². The monoisotopic (exact) mass is 343 g/mol. The molecular formula is C19H21NO5. The van der Waals surface area contributed by atoms with E-state index in [0.29, 0.717) is 13.0 Å². The van der Waals surface area contributed by atoms with Gasteiger partial charge in [-0.1, -0.05) is 18.2 Å². The van der Waals surface area contributed by atoms with E-state index in [9.17, 15) is 14.7 Å². The molecule has 2 N–H and O–H groups in total. The summed E-state index contributed by atoms with van der Waals surface area (Å²) in [6, 6.07) is 12.2. The van der Waals surface area contributed by atoms with Crippen molar-refractivity contribution in [2.75, 3.05) is 19.0 Å². The molecule has 0 saturated carbocycles. The number of nitrogens with one attached hydrogen (secondary N) is 1. The fourth-order valence-corrected chi connectivity index (χ4v) is 2.26. The van der Waals surface area contributed by atoms with Gasteiger partial charge in [-0.15, -0.1) is 0 Å². The van der Waals surface area contributed by atoms with Crippen LogP contribution in [0.3, 0.4) is 0 Å². The summed E-state index contributed by atoms with van der Waals surface area (Å²) >= 11 is 0. The maximum absolute atomic E-state index is 12.0. The van der Waals surface area contributed by atoms with Crippen LogP contribution in [0.1, 0.15) is 28.8 Å². The van der Waals surface area contributed by atoms with Gasteiger partial charge in [0.05, 0.1) is 19.4 Å². The number of carbonyl (C=O) groups is 2. The third kappa shape index (κ3) is 5.24. The minimum atomic E-state index is -0.667. The summed E-state index contributed by atoms with van der Waals surface area (Å²) in [7, 11) is 1.22. The number of rotatable bonds is 7. The Morgan fingerprint density at radius 1 is 1.16 bits per heavy atom. The van der Waals surface area contributed by atoms with Crippen LogP contribution < -0.4 is 10.1 Å². The van der Waals surface area contributed by atoms with E-state index in [1.54, 1.807) is 6.07 Å². The van der Waals surface area contributed by atoms with Crippen LogP contribution in [-0.2, 0) is 9.53 Å². The Morgan fingerprint density at radius 2 is 1.92 bits per heavy atom. The van der Waals surface area contributed by atoms with E-state index in [4.69, 9.17) is 4.74 Å². The number of hydrogen-bond donors (Lipinski definition) is 2. The number of methoxy groups -OCH3 is 1. The van der Waals surface area contributed by atoms with E-state index in [-0.39, 0.29) is 29.3 Å². The highest BCUT2D eigenvalue weighted by molar-refractivity contribution is 5.98. The molecule has 2 aromatic rings. The highest BCUT2D eigenvalue weighted by Crippen LogP contribution is 2.28. The van der Waals surface area contributed by atoms with Gasteiger partial charge in [0.25, 0.3) is 0 Å². The first kappa shape index (κ1) is 18.3. The number of esters is 1.